The Morgan fingerprint density at radius 2 is 2.11 bits per heavy atom. The summed E-state index contributed by atoms with van der Waals surface area (Å²) < 4.78 is 7.12. The molecule has 1 saturated heterocycles. The highest BCUT2D eigenvalue weighted by Crippen LogP contribution is 2.24. The molecular formula is C18H22N6O2S. The quantitative estimate of drug-likeness (QED) is 0.647. The lowest BCUT2D eigenvalue weighted by Crippen LogP contribution is -2.50. The van der Waals surface area contributed by atoms with E-state index in [2.05, 4.69) is 38.8 Å². The van der Waals surface area contributed by atoms with Crippen LogP contribution >= 0.6 is 11.3 Å². The molecule has 0 unspecified atom stereocenters. The van der Waals surface area contributed by atoms with E-state index in [-0.39, 0.29) is 11.9 Å². The number of hydrogen-bond donors (Lipinski definition) is 0. The molecule has 1 fully saturated rings. The van der Waals surface area contributed by atoms with Crippen LogP contribution in [0.15, 0.2) is 40.3 Å². The van der Waals surface area contributed by atoms with Gasteiger partial charge in [-0.25, -0.2) is 4.68 Å². The Morgan fingerprint density at radius 3 is 2.78 bits per heavy atom. The lowest BCUT2D eigenvalue weighted by Gasteiger charge is -2.38. The number of aromatic nitrogens is 4. The molecule has 8 nitrogen and oxygen atoms in total. The second-order valence-corrected chi connectivity index (χ2v) is 7.54. The summed E-state index contributed by atoms with van der Waals surface area (Å²) in [4.78, 5) is 17.9. The molecule has 0 N–H and O–H groups in total. The average molecular weight is 386 g/mol. The Hall–Kier alpha value is -2.52. The number of thiophene rings is 1. The van der Waals surface area contributed by atoms with Crippen LogP contribution in [0, 0.1) is 0 Å². The molecule has 0 aromatic carbocycles. The summed E-state index contributed by atoms with van der Waals surface area (Å²) in [5.41, 5.74) is 0. The number of furan rings is 1. The van der Waals surface area contributed by atoms with Gasteiger partial charge in [0, 0.05) is 31.1 Å². The maximum absolute atomic E-state index is 12.4. The second kappa shape index (κ2) is 8.01. The Bertz CT molecular complexity index is 852. The van der Waals surface area contributed by atoms with Gasteiger partial charge in [-0.3, -0.25) is 9.69 Å². The van der Waals surface area contributed by atoms with Crippen LogP contribution in [0.1, 0.15) is 40.6 Å². The molecular weight excluding hydrogens is 364 g/mol. The minimum atomic E-state index is -0.0461. The molecule has 1 atom stereocenters. The van der Waals surface area contributed by atoms with Crippen molar-refractivity contribution in [2.45, 2.75) is 25.9 Å². The van der Waals surface area contributed by atoms with Crippen molar-refractivity contribution in [3.05, 3.63) is 52.4 Å². The predicted octanol–water partition coefficient (Wildman–Crippen LogP) is 2.29. The largest absolute Gasteiger partial charge is 0.459 e. The third-order valence-electron chi connectivity index (χ3n) is 4.90. The molecule has 0 spiro atoms. The van der Waals surface area contributed by atoms with Crippen LogP contribution in [-0.2, 0) is 6.54 Å². The molecule has 1 aliphatic rings. The van der Waals surface area contributed by atoms with Crippen molar-refractivity contribution in [2.24, 2.45) is 0 Å². The Labute approximate surface area is 161 Å². The van der Waals surface area contributed by atoms with E-state index in [1.807, 2.05) is 15.6 Å². The SMILES string of the molecule is CC[C@H](c1nnnn1Cc1cccs1)N1CCN(C(=O)c2ccco2)CC1. The van der Waals surface area contributed by atoms with Crippen molar-refractivity contribution >= 4 is 17.2 Å². The highest BCUT2D eigenvalue weighted by molar-refractivity contribution is 7.09. The monoisotopic (exact) mass is 386 g/mol. The van der Waals surface area contributed by atoms with Crippen LogP contribution in [0.2, 0.25) is 0 Å². The number of amides is 1. The number of carbonyl (C=O) groups excluding carboxylic acids is 1. The standard InChI is InChI=1S/C18H22N6O2S/c1-2-15(17-19-20-21-24(17)13-14-5-4-12-27-14)22-7-9-23(10-8-22)18(25)16-6-3-11-26-16/h3-6,11-12,15H,2,7-10,13H2,1H3/t15-/m1/s1. The van der Waals surface area contributed by atoms with Gasteiger partial charge in [0.2, 0.25) is 0 Å². The van der Waals surface area contributed by atoms with Crippen LogP contribution in [0.3, 0.4) is 0 Å². The van der Waals surface area contributed by atoms with E-state index >= 15 is 0 Å². The first kappa shape index (κ1) is 17.9. The van der Waals surface area contributed by atoms with Gasteiger partial charge in [-0.2, -0.15) is 0 Å². The van der Waals surface area contributed by atoms with Gasteiger partial charge in [0.05, 0.1) is 18.8 Å². The zero-order valence-corrected chi connectivity index (χ0v) is 16.0. The van der Waals surface area contributed by atoms with Crippen molar-refractivity contribution < 1.29 is 9.21 Å². The fourth-order valence-electron chi connectivity index (χ4n) is 3.51. The molecule has 9 heteroatoms. The van der Waals surface area contributed by atoms with E-state index < -0.39 is 0 Å². The summed E-state index contributed by atoms with van der Waals surface area (Å²) in [6, 6.07) is 7.72. The summed E-state index contributed by atoms with van der Waals surface area (Å²) in [5.74, 6) is 1.24. The third-order valence-corrected chi connectivity index (χ3v) is 5.77. The van der Waals surface area contributed by atoms with E-state index in [4.69, 9.17) is 4.42 Å². The number of piperazine rings is 1. The molecule has 0 radical (unpaired) electrons. The van der Waals surface area contributed by atoms with Crippen LogP contribution in [0.5, 0.6) is 0 Å². The topological polar surface area (TPSA) is 80.3 Å². The predicted molar refractivity (Wildman–Crippen MR) is 100 cm³/mol. The van der Waals surface area contributed by atoms with Crippen molar-refractivity contribution in [2.75, 3.05) is 26.2 Å². The molecule has 4 rings (SSSR count). The zero-order chi connectivity index (χ0) is 18.6. The second-order valence-electron chi connectivity index (χ2n) is 6.50. The maximum Gasteiger partial charge on any atom is 0.289 e. The zero-order valence-electron chi connectivity index (χ0n) is 15.2. The van der Waals surface area contributed by atoms with Crippen LogP contribution in [0.4, 0.5) is 0 Å². The highest BCUT2D eigenvalue weighted by atomic mass is 32.1. The van der Waals surface area contributed by atoms with E-state index in [1.165, 1.54) is 11.1 Å². The van der Waals surface area contributed by atoms with E-state index in [0.717, 1.165) is 25.3 Å². The van der Waals surface area contributed by atoms with Gasteiger partial charge in [0.1, 0.15) is 0 Å². The molecule has 0 saturated carbocycles. The molecule has 3 aromatic heterocycles. The number of nitrogens with zero attached hydrogens (tertiary/aromatic N) is 6. The Balaban J connectivity index is 1.42. The van der Waals surface area contributed by atoms with Gasteiger partial charge in [-0.15, -0.1) is 16.4 Å². The molecule has 1 aliphatic heterocycles. The first-order valence-corrected chi connectivity index (χ1v) is 9.99. The Kier molecular flexibility index (Phi) is 5.30. The summed E-state index contributed by atoms with van der Waals surface area (Å²) in [7, 11) is 0. The molecule has 0 bridgehead atoms. The van der Waals surface area contributed by atoms with Gasteiger partial charge in [0.25, 0.3) is 5.91 Å². The van der Waals surface area contributed by atoms with Crippen LogP contribution in [-0.4, -0.2) is 62.1 Å². The van der Waals surface area contributed by atoms with E-state index in [0.29, 0.717) is 25.4 Å². The van der Waals surface area contributed by atoms with Crippen LogP contribution in [0.25, 0.3) is 0 Å². The summed E-state index contributed by atoms with van der Waals surface area (Å²) in [6.07, 6.45) is 2.45. The molecule has 4 heterocycles. The average Bonchev–Trinajstić information content (AvgIpc) is 3.46. The van der Waals surface area contributed by atoms with Gasteiger partial charge < -0.3 is 9.32 Å². The van der Waals surface area contributed by atoms with Gasteiger partial charge in [-0.05, 0) is 40.4 Å². The number of rotatable bonds is 6. The Morgan fingerprint density at radius 1 is 1.26 bits per heavy atom. The molecule has 0 aliphatic carbocycles. The normalized spacial score (nSPS) is 16.6. The third kappa shape index (κ3) is 3.79. The number of hydrogen-bond acceptors (Lipinski definition) is 7. The molecule has 1 amide bonds. The van der Waals surface area contributed by atoms with Gasteiger partial charge in [0.15, 0.2) is 11.6 Å². The lowest BCUT2D eigenvalue weighted by molar-refractivity contribution is 0.0521. The van der Waals surface area contributed by atoms with Crippen molar-refractivity contribution in [1.29, 1.82) is 0 Å². The fraction of sp³-hybridized carbons (Fsp3) is 0.444. The first-order chi connectivity index (χ1) is 13.3. The summed E-state index contributed by atoms with van der Waals surface area (Å²) in [6.45, 7) is 5.75. The van der Waals surface area contributed by atoms with E-state index in [9.17, 15) is 4.79 Å². The van der Waals surface area contributed by atoms with E-state index in [1.54, 1.807) is 23.5 Å². The van der Waals surface area contributed by atoms with Crippen molar-refractivity contribution in [3.63, 3.8) is 0 Å². The number of tetrazole rings is 1. The first-order valence-electron chi connectivity index (χ1n) is 9.11. The smallest absolute Gasteiger partial charge is 0.289 e. The maximum atomic E-state index is 12.4. The molecule has 27 heavy (non-hydrogen) atoms. The summed E-state index contributed by atoms with van der Waals surface area (Å²) >= 11 is 1.70. The molecule has 3 aromatic rings. The molecule has 142 valence electrons. The van der Waals surface area contributed by atoms with Crippen molar-refractivity contribution in [1.82, 2.24) is 30.0 Å². The number of carbonyl (C=O) groups is 1. The van der Waals surface area contributed by atoms with Gasteiger partial charge in [-0.1, -0.05) is 13.0 Å². The van der Waals surface area contributed by atoms with Crippen LogP contribution < -0.4 is 0 Å². The minimum Gasteiger partial charge on any atom is -0.459 e. The van der Waals surface area contributed by atoms with Gasteiger partial charge >= 0.3 is 0 Å². The summed E-state index contributed by atoms with van der Waals surface area (Å²) in [5, 5.41) is 14.5. The fourth-order valence-corrected chi connectivity index (χ4v) is 4.20. The highest BCUT2D eigenvalue weighted by Gasteiger charge is 2.30. The lowest BCUT2D eigenvalue weighted by atomic mass is 10.1. The minimum absolute atomic E-state index is 0.0461. The van der Waals surface area contributed by atoms with Crippen molar-refractivity contribution in [3.8, 4) is 0 Å².